The van der Waals surface area contributed by atoms with Gasteiger partial charge in [0, 0.05) is 6.42 Å². The Morgan fingerprint density at radius 3 is 2.00 bits per heavy atom. The maximum absolute atomic E-state index is 6.00. The molecule has 0 amide bonds. The lowest BCUT2D eigenvalue weighted by Crippen LogP contribution is -2.00. The smallest absolute Gasteiger partial charge is 0.147 e. The van der Waals surface area contributed by atoms with E-state index in [-0.39, 0.29) is 0 Å². The molecule has 94 valence electrons. The second-order valence-electron chi connectivity index (χ2n) is 4.21. The summed E-state index contributed by atoms with van der Waals surface area (Å²) in [6.07, 6.45) is 0.638. The molecule has 2 nitrogen and oxygen atoms in total. The summed E-state index contributed by atoms with van der Waals surface area (Å²) >= 11 is 14.0. The molecule has 1 aromatic heterocycles. The minimum atomic E-state index is 0.412. The molecule has 0 saturated carbocycles. The fourth-order valence-corrected chi connectivity index (χ4v) is 2.53. The SMILES string of the molecule is Cc1cc(C)cc(Cc2nc(Cl)c(I)c(Cl)n2)c1. The van der Waals surface area contributed by atoms with Gasteiger partial charge in [-0.3, -0.25) is 0 Å². The molecule has 0 aliphatic heterocycles. The highest BCUT2D eigenvalue weighted by Gasteiger charge is 2.09. The largest absolute Gasteiger partial charge is 0.220 e. The van der Waals surface area contributed by atoms with Crippen LogP contribution < -0.4 is 0 Å². The summed E-state index contributed by atoms with van der Waals surface area (Å²) in [5, 5.41) is 0.824. The van der Waals surface area contributed by atoms with Gasteiger partial charge >= 0.3 is 0 Å². The van der Waals surface area contributed by atoms with Crippen LogP contribution in [-0.4, -0.2) is 9.97 Å². The molecule has 0 radical (unpaired) electrons. The maximum Gasteiger partial charge on any atom is 0.147 e. The van der Waals surface area contributed by atoms with Crippen LogP contribution in [0, 0.1) is 17.4 Å². The molecule has 0 aliphatic rings. The zero-order valence-corrected chi connectivity index (χ0v) is 13.6. The van der Waals surface area contributed by atoms with Crippen molar-refractivity contribution in [2.45, 2.75) is 20.3 Å². The predicted molar refractivity (Wildman–Crippen MR) is 83.5 cm³/mol. The van der Waals surface area contributed by atoms with Crippen molar-refractivity contribution >= 4 is 45.8 Å². The highest BCUT2D eigenvalue weighted by atomic mass is 127. The standard InChI is InChI=1S/C13H11Cl2IN2/c1-7-3-8(2)5-9(4-7)6-10-17-12(14)11(16)13(15)18-10/h3-5H,6H2,1-2H3. The quantitative estimate of drug-likeness (QED) is 0.551. The van der Waals surface area contributed by atoms with E-state index >= 15 is 0 Å². The summed E-state index contributed by atoms with van der Waals surface area (Å²) in [5.41, 5.74) is 3.63. The van der Waals surface area contributed by atoms with Gasteiger partial charge in [0.05, 0.1) is 3.57 Å². The molecule has 0 aliphatic carbocycles. The minimum absolute atomic E-state index is 0.412. The Hall–Kier alpha value is -0.390. The van der Waals surface area contributed by atoms with Crippen molar-refractivity contribution in [3.05, 3.63) is 54.6 Å². The van der Waals surface area contributed by atoms with Crippen LogP contribution in [0.4, 0.5) is 0 Å². The van der Waals surface area contributed by atoms with Gasteiger partial charge in [-0.05, 0) is 42.0 Å². The summed E-state index contributed by atoms with van der Waals surface area (Å²) in [6, 6.07) is 6.38. The molecule has 0 bridgehead atoms. The number of rotatable bonds is 2. The van der Waals surface area contributed by atoms with Crippen molar-refractivity contribution in [1.29, 1.82) is 0 Å². The highest BCUT2D eigenvalue weighted by Crippen LogP contribution is 2.23. The van der Waals surface area contributed by atoms with Gasteiger partial charge in [0.25, 0.3) is 0 Å². The molecular formula is C13H11Cl2IN2. The van der Waals surface area contributed by atoms with Gasteiger partial charge in [-0.25, -0.2) is 9.97 Å². The lowest BCUT2D eigenvalue weighted by molar-refractivity contribution is 0.959. The second-order valence-corrected chi connectivity index (χ2v) is 6.00. The van der Waals surface area contributed by atoms with Gasteiger partial charge in [-0.15, -0.1) is 0 Å². The summed E-state index contributed by atoms with van der Waals surface area (Å²) in [5.74, 6) is 0.649. The molecule has 0 spiro atoms. The van der Waals surface area contributed by atoms with E-state index in [4.69, 9.17) is 23.2 Å². The minimum Gasteiger partial charge on any atom is -0.220 e. The van der Waals surface area contributed by atoms with Crippen LogP contribution in [0.15, 0.2) is 18.2 Å². The van der Waals surface area contributed by atoms with Crippen LogP contribution in [0.25, 0.3) is 0 Å². The number of halogens is 3. The monoisotopic (exact) mass is 392 g/mol. The van der Waals surface area contributed by atoms with E-state index in [9.17, 15) is 0 Å². The van der Waals surface area contributed by atoms with E-state index in [1.54, 1.807) is 0 Å². The zero-order valence-electron chi connectivity index (χ0n) is 9.97. The van der Waals surface area contributed by atoms with Crippen molar-refractivity contribution in [3.63, 3.8) is 0 Å². The summed E-state index contributed by atoms with van der Waals surface area (Å²) < 4.78 is 0.695. The van der Waals surface area contributed by atoms with E-state index in [0.29, 0.717) is 26.1 Å². The Morgan fingerprint density at radius 2 is 1.50 bits per heavy atom. The fraction of sp³-hybridized carbons (Fsp3) is 0.231. The first-order valence-electron chi connectivity index (χ1n) is 5.40. The van der Waals surface area contributed by atoms with Gasteiger partial charge in [0.1, 0.15) is 16.1 Å². The average Bonchev–Trinajstić information content (AvgIpc) is 2.24. The normalized spacial score (nSPS) is 10.7. The van der Waals surface area contributed by atoms with Crippen molar-refractivity contribution in [2.24, 2.45) is 0 Å². The first kappa shape index (κ1) is 14.0. The number of benzene rings is 1. The van der Waals surface area contributed by atoms with Gasteiger partial charge < -0.3 is 0 Å². The number of hydrogen-bond donors (Lipinski definition) is 0. The van der Waals surface area contributed by atoms with E-state index in [2.05, 4.69) is 42.0 Å². The van der Waals surface area contributed by atoms with Gasteiger partial charge in [-0.1, -0.05) is 52.5 Å². The van der Waals surface area contributed by atoms with E-state index in [0.717, 1.165) is 0 Å². The van der Waals surface area contributed by atoms with Crippen LogP contribution >= 0.6 is 45.8 Å². The zero-order chi connectivity index (χ0) is 13.3. The summed E-state index contributed by atoms with van der Waals surface area (Å²) in [7, 11) is 0. The lowest BCUT2D eigenvalue weighted by Gasteiger charge is -2.06. The second kappa shape index (κ2) is 5.72. The third-order valence-electron chi connectivity index (χ3n) is 2.46. The molecule has 0 fully saturated rings. The third kappa shape index (κ3) is 3.33. The molecule has 1 aromatic carbocycles. The van der Waals surface area contributed by atoms with Crippen molar-refractivity contribution in [3.8, 4) is 0 Å². The van der Waals surface area contributed by atoms with E-state index in [1.165, 1.54) is 16.7 Å². The van der Waals surface area contributed by atoms with Crippen LogP contribution in [0.5, 0.6) is 0 Å². The van der Waals surface area contributed by atoms with Crippen LogP contribution in [0.1, 0.15) is 22.5 Å². The van der Waals surface area contributed by atoms with Gasteiger partial charge in [0.15, 0.2) is 0 Å². The lowest BCUT2D eigenvalue weighted by atomic mass is 10.0. The molecule has 0 saturated heterocycles. The Balaban J connectivity index is 2.34. The predicted octanol–water partition coefficient (Wildman–Crippen LogP) is 4.60. The van der Waals surface area contributed by atoms with Crippen LogP contribution in [-0.2, 0) is 6.42 Å². The summed E-state index contributed by atoms with van der Waals surface area (Å²) in [4.78, 5) is 8.50. The maximum atomic E-state index is 6.00. The number of aryl methyl sites for hydroxylation is 2. The number of hydrogen-bond acceptors (Lipinski definition) is 2. The Labute approximate surface area is 130 Å². The third-order valence-corrected chi connectivity index (χ3v) is 4.67. The molecule has 0 unspecified atom stereocenters. The molecule has 2 rings (SSSR count). The first-order chi connectivity index (χ1) is 8.45. The van der Waals surface area contributed by atoms with Gasteiger partial charge in [-0.2, -0.15) is 0 Å². The van der Waals surface area contributed by atoms with E-state index in [1.807, 2.05) is 22.6 Å². The number of nitrogens with zero attached hydrogens (tertiary/aromatic N) is 2. The molecule has 0 atom stereocenters. The molecule has 0 N–H and O–H groups in total. The number of aromatic nitrogens is 2. The highest BCUT2D eigenvalue weighted by molar-refractivity contribution is 14.1. The molecule has 5 heteroatoms. The summed E-state index contributed by atoms with van der Waals surface area (Å²) in [6.45, 7) is 4.15. The van der Waals surface area contributed by atoms with Crippen molar-refractivity contribution in [2.75, 3.05) is 0 Å². The Bertz CT molecular complexity index is 556. The first-order valence-corrected chi connectivity index (χ1v) is 7.24. The van der Waals surface area contributed by atoms with Crippen molar-refractivity contribution < 1.29 is 0 Å². The van der Waals surface area contributed by atoms with Crippen molar-refractivity contribution in [1.82, 2.24) is 9.97 Å². The average molecular weight is 393 g/mol. The fourth-order valence-electron chi connectivity index (χ4n) is 1.87. The van der Waals surface area contributed by atoms with Crippen LogP contribution in [0.2, 0.25) is 10.3 Å². The molecule has 1 heterocycles. The molecule has 2 aromatic rings. The Morgan fingerprint density at radius 1 is 1.00 bits per heavy atom. The van der Waals surface area contributed by atoms with Crippen LogP contribution in [0.3, 0.4) is 0 Å². The molecule has 18 heavy (non-hydrogen) atoms. The molecular weight excluding hydrogens is 382 g/mol. The Kier molecular flexibility index (Phi) is 4.45. The topological polar surface area (TPSA) is 25.8 Å². The van der Waals surface area contributed by atoms with E-state index < -0.39 is 0 Å². The van der Waals surface area contributed by atoms with Gasteiger partial charge in [0.2, 0.25) is 0 Å².